The van der Waals surface area contributed by atoms with E-state index in [-0.39, 0.29) is 27.4 Å². The first-order valence-electron chi connectivity index (χ1n) is 8.86. The normalized spacial score (nSPS) is 15.6. The van der Waals surface area contributed by atoms with E-state index < -0.39 is 21.3 Å². The van der Waals surface area contributed by atoms with Crippen molar-refractivity contribution in [3.8, 4) is 0 Å². The van der Waals surface area contributed by atoms with Crippen LogP contribution in [0.25, 0.3) is 0 Å². The molecule has 150 valence electrons. The van der Waals surface area contributed by atoms with Gasteiger partial charge in [0.25, 0.3) is 10.0 Å². The maximum Gasteiger partial charge on any atom is 0.261 e. The van der Waals surface area contributed by atoms with Gasteiger partial charge >= 0.3 is 0 Å². The van der Waals surface area contributed by atoms with E-state index in [1.54, 1.807) is 17.0 Å². The van der Waals surface area contributed by atoms with Gasteiger partial charge in [0.1, 0.15) is 5.82 Å². The first-order valence-corrected chi connectivity index (χ1v) is 10.7. The molecular weight excluding hydrogens is 403 g/mol. The van der Waals surface area contributed by atoms with Gasteiger partial charge in [0.05, 0.1) is 10.6 Å². The van der Waals surface area contributed by atoms with E-state index in [1.807, 2.05) is 27.7 Å². The fraction of sp³-hybridized carbons (Fsp3) is 0.350. The van der Waals surface area contributed by atoms with Crippen molar-refractivity contribution >= 4 is 38.9 Å². The van der Waals surface area contributed by atoms with Crippen LogP contribution in [0.5, 0.6) is 0 Å². The predicted octanol–water partition coefficient (Wildman–Crippen LogP) is 4.56. The van der Waals surface area contributed by atoms with E-state index in [1.165, 1.54) is 18.2 Å². The molecule has 0 fully saturated rings. The Kier molecular flexibility index (Phi) is 5.18. The third-order valence-corrected chi connectivity index (χ3v) is 6.39. The Bertz CT molecular complexity index is 1050. The van der Waals surface area contributed by atoms with Crippen LogP contribution in [-0.4, -0.2) is 20.9 Å². The Morgan fingerprint density at radius 1 is 1.21 bits per heavy atom. The van der Waals surface area contributed by atoms with Crippen molar-refractivity contribution in [3.05, 3.63) is 52.8 Å². The number of carbonyl (C=O) groups is 1. The molecule has 0 bridgehead atoms. The molecule has 0 aliphatic carbocycles. The lowest BCUT2D eigenvalue weighted by atomic mass is 9.87. The van der Waals surface area contributed by atoms with Crippen LogP contribution in [0.15, 0.2) is 41.3 Å². The van der Waals surface area contributed by atoms with Gasteiger partial charge in [-0.25, -0.2) is 12.8 Å². The average molecular weight is 425 g/mol. The highest BCUT2D eigenvalue weighted by Crippen LogP contribution is 2.42. The zero-order chi connectivity index (χ0) is 20.9. The van der Waals surface area contributed by atoms with Gasteiger partial charge < -0.3 is 4.90 Å². The van der Waals surface area contributed by atoms with Gasteiger partial charge in [0, 0.05) is 28.6 Å². The van der Waals surface area contributed by atoms with Crippen molar-refractivity contribution in [1.29, 1.82) is 0 Å². The zero-order valence-electron chi connectivity index (χ0n) is 16.1. The first kappa shape index (κ1) is 20.6. The quantitative estimate of drug-likeness (QED) is 0.782. The smallest absolute Gasteiger partial charge is 0.261 e. The van der Waals surface area contributed by atoms with E-state index in [2.05, 4.69) is 4.72 Å². The lowest BCUT2D eigenvalue weighted by Crippen LogP contribution is -2.36. The molecule has 1 heterocycles. The second-order valence-corrected chi connectivity index (χ2v) is 9.99. The Hall–Kier alpha value is -2.12. The number of anilines is 2. The Labute approximate surface area is 169 Å². The van der Waals surface area contributed by atoms with Crippen LogP contribution in [0.4, 0.5) is 15.8 Å². The van der Waals surface area contributed by atoms with E-state index >= 15 is 0 Å². The monoisotopic (exact) mass is 424 g/mol. The van der Waals surface area contributed by atoms with Crippen molar-refractivity contribution in [2.45, 2.75) is 38.0 Å². The molecule has 0 spiro atoms. The minimum Gasteiger partial charge on any atom is -0.311 e. The Balaban J connectivity index is 2.00. The number of hydrogen-bond acceptors (Lipinski definition) is 3. The molecular formula is C20H22ClFN2O3S. The van der Waals surface area contributed by atoms with E-state index in [4.69, 9.17) is 11.6 Å². The highest BCUT2D eigenvalue weighted by atomic mass is 35.5. The third kappa shape index (κ3) is 3.73. The fourth-order valence-electron chi connectivity index (χ4n) is 3.31. The van der Waals surface area contributed by atoms with E-state index in [9.17, 15) is 17.6 Å². The maximum absolute atomic E-state index is 14.0. The van der Waals surface area contributed by atoms with Crippen LogP contribution in [0.1, 0.15) is 33.3 Å². The van der Waals surface area contributed by atoms with E-state index in [0.29, 0.717) is 12.2 Å². The van der Waals surface area contributed by atoms with Gasteiger partial charge in [-0.05, 0) is 42.0 Å². The summed E-state index contributed by atoms with van der Waals surface area (Å²) in [5.74, 6) is -0.935. The largest absolute Gasteiger partial charge is 0.311 e. The molecule has 1 amide bonds. The van der Waals surface area contributed by atoms with Gasteiger partial charge in [0.2, 0.25) is 5.91 Å². The van der Waals surface area contributed by atoms with Gasteiger partial charge in [-0.3, -0.25) is 9.52 Å². The third-order valence-electron chi connectivity index (χ3n) is 4.79. The zero-order valence-corrected chi connectivity index (χ0v) is 17.7. The van der Waals surface area contributed by atoms with Crippen LogP contribution in [0.3, 0.4) is 0 Å². The summed E-state index contributed by atoms with van der Waals surface area (Å²) >= 11 is 5.71. The lowest BCUT2D eigenvalue weighted by Gasteiger charge is -2.22. The van der Waals surface area contributed by atoms with Crippen LogP contribution >= 0.6 is 11.6 Å². The van der Waals surface area contributed by atoms with Crippen molar-refractivity contribution in [2.75, 3.05) is 16.2 Å². The molecule has 8 heteroatoms. The molecule has 0 atom stereocenters. The molecule has 0 unspecified atom stereocenters. The summed E-state index contributed by atoms with van der Waals surface area (Å²) in [5, 5.41) is 0.176. The SMILES string of the molecule is CC(C)C(=O)N1CC(C)(C)c2cc(S(=O)(=O)Nc3ccc(Cl)cc3F)ccc21. The van der Waals surface area contributed by atoms with Crippen LogP contribution in [0.2, 0.25) is 5.02 Å². The van der Waals surface area contributed by atoms with Crippen molar-refractivity contribution in [1.82, 2.24) is 0 Å². The van der Waals surface area contributed by atoms with Crippen molar-refractivity contribution < 1.29 is 17.6 Å². The highest BCUT2D eigenvalue weighted by molar-refractivity contribution is 7.92. The highest BCUT2D eigenvalue weighted by Gasteiger charge is 2.39. The summed E-state index contributed by atoms with van der Waals surface area (Å²) in [4.78, 5) is 14.2. The van der Waals surface area contributed by atoms with Crippen LogP contribution in [-0.2, 0) is 20.2 Å². The second-order valence-electron chi connectivity index (χ2n) is 7.87. The fourth-order valence-corrected chi connectivity index (χ4v) is 4.56. The lowest BCUT2D eigenvalue weighted by molar-refractivity contribution is -0.121. The standard InChI is InChI=1S/C20H22ClFN2O3S/c1-12(2)19(25)24-11-20(3,4)15-10-14(6-8-18(15)24)28(26,27)23-17-7-5-13(21)9-16(17)22/h5-10,12,23H,11H2,1-4H3. The second kappa shape index (κ2) is 7.04. The first-order chi connectivity index (χ1) is 12.9. The maximum atomic E-state index is 14.0. The number of halogens is 2. The Morgan fingerprint density at radius 2 is 1.89 bits per heavy atom. The number of rotatable bonds is 4. The van der Waals surface area contributed by atoms with Gasteiger partial charge in [0.15, 0.2) is 0 Å². The molecule has 28 heavy (non-hydrogen) atoms. The molecule has 1 aliphatic rings. The summed E-state index contributed by atoms with van der Waals surface area (Å²) in [6, 6.07) is 8.34. The summed E-state index contributed by atoms with van der Waals surface area (Å²) in [5.41, 5.74) is 0.888. The summed E-state index contributed by atoms with van der Waals surface area (Å²) < 4.78 is 41.8. The number of benzene rings is 2. The number of nitrogens with zero attached hydrogens (tertiary/aromatic N) is 1. The van der Waals surface area contributed by atoms with E-state index in [0.717, 1.165) is 11.6 Å². The van der Waals surface area contributed by atoms with Gasteiger partial charge in [-0.15, -0.1) is 0 Å². The number of amides is 1. The van der Waals surface area contributed by atoms with Crippen LogP contribution < -0.4 is 9.62 Å². The molecule has 2 aromatic rings. The summed E-state index contributed by atoms with van der Waals surface area (Å²) in [6.45, 7) is 8.06. The average Bonchev–Trinajstić information content (AvgIpc) is 2.87. The molecule has 2 aromatic carbocycles. The summed E-state index contributed by atoms with van der Waals surface area (Å²) in [7, 11) is -4.01. The van der Waals surface area contributed by atoms with Gasteiger partial charge in [-0.2, -0.15) is 0 Å². The minimum atomic E-state index is -4.01. The van der Waals surface area contributed by atoms with Crippen molar-refractivity contribution in [3.63, 3.8) is 0 Å². The van der Waals surface area contributed by atoms with Crippen molar-refractivity contribution in [2.24, 2.45) is 5.92 Å². The number of hydrogen-bond donors (Lipinski definition) is 1. The molecule has 0 aromatic heterocycles. The van der Waals surface area contributed by atoms with Gasteiger partial charge in [-0.1, -0.05) is 39.3 Å². The number of carbonyl (C=O) groups excluding carboxylic acids is 1. The number of sulfonamides is 1. The predicted molar refractivity (Wildman–Crippen MR) is 109 cm³/mol. The molecule has 0 radical (unpaired) electrons. The molecule has 5 nitrogen and oxygen atoms in total. The number of nitrogens with one attached hydrogen (secondary N) is 1. The Morgan fingerprint density at radius 3 is 2.50 bits per heavy atom. The topological polar surface area (TPSA) is 66.5 Å². The van der Waals surface area contributed by atoms with Crippen LogP contribution in [0, 0.1) is 11.7 Å². The molecule has 0 saturated heterocycles. The molecule has 1 N–H and O–H groups in total. The molecule has 0 saturated carbocycles. The molecule has 1 aliphatic heterocycles. The minimum absolute atomic E-state index is 0.00696. The summed E-state index contributed by atoms with van der Waals surface area (Å²) in [6.07, 6.45) is 0. The number of fused-ring (bicyclic) bond motifs is 1. The molecule has 3 rings (SSSR count).